The van der Waals surface area contributed by atoms with Crippen molar-refractivity contribution in [3.63, 3.8) is 0 Å². The summed E-state index contributed by atoms with van der Waals surface area (Å²) >= 11 is 0. The Morgan fingerprint density at radius 1 is 1.06 bits per heavy atom. The van der Waals surface area contributed by atoms with Crippen molar-refractivity contribution in [3.05, 3.63) is 65.9 Å². The fourth-order valence-electron chi connectivity index (χ4n) is 5.61. The van der Waals surface area contributed by atoms with Gasteiger partial charge in [0.1, 0.15) is 5.60 Å². The second-order valence-corrected chi connectivity index (χ2v) is 10.5. The molecule has 3 aliphatic rings. The minimum Gasteiger partial charge on any atom is -0.441 e. The van der Waals surface area contributed by atoms with Crippen molar-refractivity contribution < 1.29 is 9.53 Å². The van der Waals surface area contributed by atoms with Crippen LogP contribution >= 0.6 is 0 Å². The topological polar surface area (TPSA) is 37.7 Å². The number of rotatable bonds is 5. The molecule has 0 bridgehead atoms. The normalized spacial score (nSPS) is 20.8. The van der Waals surface area contributed by atoms with Gasteiger partial charge in [-0.2, -0.15) is 0 Å². The van der Waals surface area contributed by atoms with Crippen LogP contribution in [0.3, 0.4) is 0 Å². The highest BCUT2D eigenvalue weighted by Gasteiger charge is 2.47. The fraction of sp³-hybridized carbons (Fsp3) is 0.464. The molecule has 0 radical (unpaired) electrons. The van der Waals surface area contributed by atoms with E-state index in [9.17, 15) is 4.79 Å². The Morgan fingerprint density at radius 3 is 2.52 bits per heavy atom. The number of piperidine rings is 1. The highest BCUT2D eigenvalue weighted by atomic mass is 16.6. The van der Waals surface area contributed by atoms with Crippen LogP contribution < -0.4 is 4.90 Å². The fourth-order valence-corrected chi connectivity index (χ4v) is 5.61. The van der Waals surface area contributed by atoms with Gasteiger partial charge in [0.15, 0.2) is 0 Å². The monoisotopic (exact) mass is 443 g/mol. The van der Waals surface area contributed by atoms with E-state index in [1.807, 2.05) is 30.3 Å². The van der Waals surface area contributed by atoms with Gasteiger partial charge in [-0.3, -0.25) is 9.80 Å². The van der Waals surface area contributed by atoms with Crippen LogP contribution in [0.1, 0.15) is 62.6 Å². The molecule has 3 aromatic rings. The Kier molecular flexibility index (Phi) is 4.98. The average molecular weight is 444 g/mol. The molecule has 1 saturated carbocycles. The number of hydrogen-bond acceptors (Lipinski definition) is 3. The van der Waals surface area contributed by atoms with E-state index in [-0.39, 0.29) is 11.7 Å². The van der Waals surface area contributed by atoms with Gasteiger partial charge < -0.3 is 9.30 Å². The number of likely N-dealkylation sites (tertiary alicyclic amines) is 1. The maximum Gasteiger partial charge on any atom is 0.415 e. The third kappa shape index (κ3) is 3.82. The maximum absolute atomic E-state index is 12.6. The molecule has 172 valence electrons. The number of amides is 1. The number of ether oxygens (including phenoxy) is 1. The Hall–Kier alpha value is -2.79. The van der Waals surface area contributed by atoms with Crippen molar-refractivity contribution in [2.45, 2.75) is 63.6 Å². The van der Waals surface area contributed by atoms with Crippen LogP contribution in [0.2, 0.25) is 0 Å². The summed E-state index contributed by atoms with van der Waals surface area (Å²) in [4.78, 5) is 16.9. The summed E-state index contributed by atoms with van der Waals surface area (Å²) in [5, 5.41) is 1.39. The van der Waals surface area contributed by atoms with E-state index in [0.717, 1.165) is 44.1 Å². The van der Waals surface area contributed by atoms with E-state index < -0.39 is 0 Å². The second kappa shape index (κ2) is 7.91. The first kappa shape index (κ1) is 20.8. The average Bonchev–Trinajstić information content (AvgIpc) is 3.54. The van der Waals surface area contributed by atoms with Crippen LogP contribution in [0.25, 0.3) is 10.9 Å². The molecule has 0 unspecified atom stereocenters. The van der Waals surface area contributed by atoms with E-state index in [1.165, 1.54) is 34.9 Å². The Balaban J connectivity index is 1.17. The van der Waals surface area contributed by atoms with Crippen LogP contribution in [0.15, 0.2) is 54.7 Å². The third-order valence-electron chi connectivity index (χ3n) is 7.75. The van der Waals surface area contributed by atoms with Gasteiger partial charge in [-0.15, -0.1) is 0 Å². The van der Waals surface area contributed by atoms with Crippen LogP contribution in [0.5, 0.6) is 0 Å². The largest absolute Gasteiger partial charge is 0.441 e. The van der Waals surface area contributed by atoms with Gasteiger partial charge in [0.2, 0.25) is 0 Å². The Labute approximate surface area is 195 Å². The second-order valence-electron chi connectivity index (χ2n) is 10.5. The predicted molar refractivity (Wildman–Crippen MR) is 132 cm³/mol. The molecular weight excluding hydrogens is 410 g/mol. The number of anilines is 1. The van der Waals surface area contributed by atoms with Crippen molar-refractivity contribution in [2.24, 2.45) is 0 Å². The standard InChI is InChI=1S/C28H33N3O2/c1-20(2)30-18-23(25-11-10-22(16-26(25)30)21-8-9-21)17-29-14-12-28(13-15-29)19-31(27(32)33-28)24-6-4-3-5-7-24/h3-7,10-11,16,18,20-21H,8-9,12-15,17,19H2,1-2H3. The Bertz CT molecular complexity index is 1170. The maximum atomic E-state index is 12.6. The zero-order chi connectivity index (χ0) is 22.6. The molecule has 5 nitrogen and oxygen atoms in total. The molecule has 2 saturated heterocycles. The SMILES string of the molecule is CC(C)n1cc(CN2CCC3(CC2)CN(c2ccccc2)C(=O)O3)c2ccc(C3CC3)cc21. The number of hydrogen-bond donors (Lipinski definition) is 0. The van der Waals surface area contributed by atoms with Gasteiger partial charge in [-0.1, -0.05) is 30.3 Å². The molecular formula is C28H33N3O2. The van der Waals surface area contributed by atoms with Gasteiger partial charge in [0, 0.05) is 61.3 Å². The van der Waals surface area contributed by atoms with E-state index >= 15 is 0 Å². The number of carbonyl (C=O) groups is 1. The lowest BCUT2D eigenvalue weighted by Crippen LogP contribution is -2.46. The lowest BCUT2D eigenvalue weighted by Gasteiger charge is -2.37. The number of benzene rings is 2. The number of nitrogens with zero attached hydrogens (tertiary/aromatic N) is 3. The summed E-state index contributed by atoms with van der Waals surface area (Å²) < 4.78 is 8.40. The molecule has 1 spiro atoms. The zero-order valence-electron chi connectivity index (χ0n) is 19.7. The van der Waals surface area contributed by atoms with Crippen LogP contribution in [-0.2, 0) is 11.3 Å². The van der Waals surface area contributed by atoms with Crippen LogP contribution in [0.4, 0.5) is 10.5 Å². The number of fused-ring (bicyclic) bond motifs is 1. The quantitative estimate of drug-likeness (QED) is 0.479. The molecule has 1 aliphatic carbocycles. The molecule has 33 heavy (non-hydrogen) atoms. The number of carbonyl (C=O) groups excluding carboxylic acids is 1. The number of aromatic nitrogens is 1. The molecule has 0 atom stereocenters. The molecule has 2 aliphatic heterocycles. The summed E-state index contributed by atoms with van der Waals surface area (Å²) in [5.41, 5.74) is 4.86. The van der Waals surface area contributed by atoms with Crippen molar-refractivity contribution in [1.29, 1.82) is 0 Å². The highest BCUT2D eigenvalue weighted by molar-refractivity contribution is 5.90. The molecule has 1 aromatic heterocycles. The number of para-hydroxylation sites is 1. The summed E-state index contributed by atoms with van der Waals surface area (Å²) in [6.45, 7) is 8.04. The van der Waals surface area contributed by atoms with E-state index in [2.05, 4.69) is 47.7 Å². The third-order valence-corrected chi connectivity index (χ3v) is 7.75. The molecule has 5 heteroatoms. The zero-order valence-corrected chi connectivity index (χ0v) is 19.7. The minimum absolute atomic E-state index is 0.207. The molecule has 1 amide bonds. The van der Waals surface area contributed by atoms with Crippen molar-refractivity contribution in [2.75, 3.05) is 24.5 Å². The first-order valence-electron chi connectivity index (χ1n) is 12.4. The first-order chi connectivity index (χ1) is 16.0. The molecule has 3 heterocycles. The van der Waals surface area contributed by atoms with E-state index in [0.29, 0.717) is 12.6 Å². The predicted octanol–water partition coefficient (Wildman–Crippen LogP) is 6.09. The van der Waals surface area contributed by atoms with Crippen molar-refractivity contribution in [3.8, 4) is 0 Å². The van der Waals surface area contributed by atoms with Gasteiger partial charge >= 0.3 is 6.09 Å². The molecule has 0 N–H and O–H groups in total. The molecule has 3 fully saturated rings. The van der Waals surface area contributed by atoms with Gasteiger partial charge in [0.25, 0.3) is 0 Å². The summed E-state index contributed by atoms with van der Waals surface area (Å²) in [6.07, 6.45) is 6.60. The smallest absolute Gasteiger partial charge is 0.415 e. The first-order valence-corrected chi connectivity index (χ1v) is 12.4. The minimum atomic E-state index is -0.353. The van der Waals surface area contributed by atoms with Crippen molar-refractivity contribution >= 4 is 22.7 Å². The van der Waals surface area contributed by atoms with Gasteiger partial charge in [0.05, 0.1) is 6.54 Å². The van der Waals surface area contributed by atoms with Gasteiger partial charge in [-0.25, -0.2) is 4.79 Å². The van der Waals surface area contributed by atoms with Crippen molar-refractivity contribution in [1.82, 2.24) is 9.47 Å². The highest BCUT2D eigenvalue weighted by Crippen LogP contribution is 2.42. The van der Waals surface area contributed by atoms with E-state index in [1.54, 1.807) is 4.90 Å². The summed E-state index contributed by atoms with van der Waals surface area (Å²) in [5.74, 6) is 0.774. The lowest BCUT2D eigenvalue weighted by atomic mass is 9.91. The van der Waals surface area contributed by atoms with Crippen LogP contribution in [-0.4, -0.2) is 40.8 Å². The Morgan fingerprint density at radius 2 is 1.82 bits per heavy atom. The molecule has 6 rings (SSSR count). The summed E-state index contributed by atoms with van der Waals surface area (Å²) in [7, 11) is 0. The van der Waals surface area contributed by atoms with E-state index in [4.69, 9.17) is 4.74 Å². The molecule has 2 aromatic carbocycles. The van der Waals surface area contributed by atoms with Gasteiger partial charge in [-0.05, 0) is 61.9 Å². The summed E-state index contributed by atoms with van der Waals surface area (Å²) in [6, 6.07) is 17.4. The van der Waals surface area contributed by atoms with Crippen LogP contribution in [0, 0.1) is 0 Å². The lowest BCUT2D eigenvalue weighted by molar-refractivity contribution is -0.000890.